The van der Waals surface area contributed by atoms with Gasteiger partial charge in [-0.3, -0.25) is 9.69 Å². The molecular weight excluding hydrogens is 276 g/mol. The van der Waals surface area contributed by atoms with E-state index in [0.717, 1.165) is 36.5 Å². The SMILES string of the molecule is CCc1ncc2c(n1)CN([C@H](C(N)=O)c1ccccc1)CC2. The van der Waals surface area contributed by atoms with Crippen molar-refractivity contribution in [2.75, 3.05) is 6.54 Å². The zero-order chi connectivity index (χ0) is 15.5. The number of nitrogens with zero attached hydrogens (tertiary/aromatic N) is 3. The van der Waals surface area contributed by atoms with Crippen molar-refractivity contribution in [2.24, 2.45) is 5.73 Å². The number of fused-ring (bicyclic) bond motifs is 1. The van der Waals surface area contributed by atoms with Crippen LogP contribution in [-0.4, -0.2) is 27.3 Å². The standard InChI is InChI=1S/C17H20N4O/c1-2-15-19-10-13-8-9-21(11-14(13)20-15)16(17(18)22)12-6-4-3-5-7-12/h3-7,10,16H,2,8-9,11H2,1H3,(H2,18,22)/t16-/m0/s1. The summed E-state index contributed by atoms with van der Waals surface area (Å²) in [6.07, 6.45) is 3.57. The van der Waals surface area contributed by atoms with Gasteiger partial charge in [0.15, 0.2) is 0 Å². The first-order valence-corrected chi connectivity index (χ1v) is 7.61. The number of amides is 1. The van der Waals surface area contributed by atoms with E-state index in [4.69, 9.17) is 5.73 Å². The largest absolute Gasteiger partial charge is 0.368 e. The Kier molecular flexibility index (Phi) is 4.15. The molecule has 1 atom stereocenters. The Hall–Kier alpha value is -2.27. The summed E-state index contributed by atoms with van der Waals surface area (Å²) in [5, 5.41) is 0. The summed E-state index contributed by atoms with van der Waals surface area (Å²) in [7, 11) is 0. The van der Waals surface area contributed by atoms with Gasteiger partial charge in [0.1, 0.15) is 11.9 Å². The van der Waals surface area contributed by atoms with E-state index in [2.05, 4.69) is 14.9 Å². The number of carbonyl (C=O) groups excluding carboxylic acids is 1. The van der Waals surface area contributed by atoms with Crippen LogP contribution in [0.1, 0.15) is 35.6 Å². The fraction of sp³-hybridized carbons (Fsp3) is 0.353. The average molecular weight is 296 g/mol. The summed E-state index contributed by atoms with van der Waals surface area (Å²) >= 11 is 0. The Bertz CT molecular complexity index is 672. The normalized spacial score (nSPS) is 16.0. The molecule has 0 aliphatic carbocycles. The first kappa shape index (κ1) is 14.7. The molecule has 0 fully saturated rings. The fourth-order valence-electron chi connectivity index (χ4n) is 2.95. The number of hydrogen-bond donors (Lipinski definition) is 1. The zero-order valence-electron chi connectivity index (χ0n) is 12.7. The second-order valence-electron chi connectivity index (χ2n) is 5.55. The van der Waals surface area contributed by atoms with Gasteiger partial charge in [0, 0.05) is 25.7 Å². The molecule has 1 aliphatic rings. The van der Waals surface area contributed by atoms with Crippen molar-refractivity contribution in [3.05, 3.63) is 59.2 Å². The number of hydrogen-bond acceptors (Lipinski definition) is 4. The van der Waals surface area contributed by atoms with Crippen LogP contribution in [-0.2, 0) is 24.2 Å². The Balaban J connectivity index is 1.89. The molecule has 0 saturated carbocycles. The van der Waals surface area contributed by atoms with Gasteiger partial charge in [0.05, 0.1) is 5.69 Å². The molecule has 0 saturated heterocycles. The summed E-state index contributed by atoms with van der Waals surface area (Å²) in [5.41, 5.74) is 8.78. The highest BCUT2D eigenvalue weighted by atomic mass is 16.1. The molecule has 5 heteroatoms. The first-order chi connectivity index (χ1) is 10.7. The Morgan fingerprint density at radius 2 is 2.14 bits per heavy atom. The highest BCUT2D eigenvalue weighted by molar-refractivity contribution is 5.81. The van der Waals surface area contributed by atoms with Crippen molar-refractivity contribution in [3.63, 3.8) is 0 Å². The van der Waals surface area contributed by atoms with Crippen LogP contribution in [0.4, 0.5) is 0 Å². The lowest BCUT2D eigenvalue weighted by Gasteiger charge is -2.33. The highest BCUT2D eigenvalue weighted by Crippen LogP contribution is 2.26. The molecule has 1 aromatic heterocycles. The minimum absolute atomic E-state index is 0.320. The summed E-state index contributed by atoms with van der Waals surface area (Å²) in [6, 6.07) is 9.29. The maximum Gasteiger partial charge on any atom is 0.239 e. The maximum absolute atomic E-state index is 12.0. The van der Waals surface area contributed by atoms with Crippen molar-refractivity contribution in [1.82, 2.24) is 14.9 Å². The van der Waals surface area contributed by atoms with E-state index in [9.17, 15) is 4.79 Å². The number of nitrogens with two attached hydrogens (primary N) is 1. The Labute approximate surface area is 130 Å². The number of rotatable bonds is 4. The molecule has 1 aromatic carbocycles. The van der Waals surface area contributed by atoms with Crippen LogP contribution in [0.15, 0.2) is 36.5 Å². The van der Waals surface area contributed by atoms with E-state index < -0.39 is 6.04 Å². The minimum atomic E-state index is -0.408. The smallest absolute Gasteiger partial charge is 0.239 e. The molecule has 1 aliphatic heterocycles. The van der Waals surface area contributed by atoms with Crippen LogP contribution in [0.5, 0.6) is 0 Å². The maximum atomic E-state index is 12.0. The van der Waals surface area contributed by atoms with E-state index in [1.54, 1.807) is 0 Å². The summed E-state index contributed by atoms with van der Waals surface area (Å²) < 4.78 is 0. The van der Waals surface area contributed by atoms with Crippen molar-refractivity contribution in [2.45, 2.75) is 32.4 Å². The van der Waals surface area contributed by atoms with Gasteiger partial charge in [-0.1, -0.05) is 37.3 Å². The van der Waals surface area contributed by atoms with Gasteiger partial charge in [-0.15, -0.1) is 0 Å². The van der Waals surface area contributed by atoms with Crippen molar-refractivity contribution >= 4 is 5.91 Å². The molecule has 22 heavy (non-hydrogen) atoms. The van der Waals surface area contributed by atoms with E-state index in [-0.39, 0.29) is 5.91 Å². The topological polar surface area (TPSA) is 72.1 Å². The Morgan fingerprint density at radius 3 is 2.82 bits per heavy atom. The van der Waals surface area contributed by atoms with E-state index in [1.807, 2.05) is 43.5 Å². The molecule has 0 bridgehead atoms. The monoisotopic (exact) mass is 296 g/mol. The van der Waals surface area contributed by atoms with Crippen molar-refractivity contribution in [1.29, 1.82) is 0 Å². The molecule has 2 N–H and O–H groups in total. The van der Waals surface area contributed by atoms with E-state index in [1.165, 1.54) is 5.56 Å². The predicted octanol–water partition coefficient (Wildman–Crippen LogP) is 1.62. The highest BCUT2D eigenvalue weighted by Gasteiger charge is 2.29. The zero-order valence-corrected chi connectivity index (χ0v) is 12.7. The van der Waals surface area contributed by atoms with Gasteiger partial charge in [0.2, 0.25) is 5.91 Å². The predicted molar refractivity (Wildman–Crippen MR) is 83.9 cm³/mol. The third-order valence-corrected chi connectivity index (χ3v) is 4.09. The number of benzene rings is 1. The molecule has 1 amide bonds. The van der Waals surface area contributed by atoms with Crippen LogP contribution in [0.3, 0.4) is 0 Å². The summed E-state index contributed by atoms with van der Waals surface area (Å²) in [5.74, 6) is 0.523. The van der Waals surface area contributed by atoms with Gasteiger partial charge < -0.3 is 5.73 Å². The third-order valence-electron chi connectivity index (χ3n) is 4.09. The van der Waals surface area contributed by atoms with Gasteiger partial charge in [0.25, 0.3) is 0 Å². The summed E-state index contributed by atoms with van der Waals surface area (Å²) in [6.45, 7) is 3.45. The van der Waals surface area contributed by atoms with Crippen LogP contribution in [0.2, 0.25) is 0 Å². The van der Waals surface area contributed by atoms with E-state index in [0.29, 0.717) is 6.54 Å². The molecular formula is C17H20N4O. The number of aryl methyl sites for hydroxylation is 1. The molecule has 2 heterocycles. The molecule has 0 unspecified atom stereocenters. The molecule has 0 radical (unpaired) electrons. The first-order valence-electron chi connectivity index (χ1n) is 7.61. The minimum Gasteiger partial charge on any atom is -0.368 e. The summed E-state index contributed by atoms with van der Waals surface area (Å²) in [4.78, 5) is 23.1. The number of carbonyl (C=O) groups is 1. The van der Waals surface area contributed by atoms with Crippen LogP contribution >= 0.6 is 0 Å². The van der Waals surface area contributed by atoms with Crippen LogP contribution < -0.4 is 5.73 Å². The lowest BCUT2D eigenvalue weighted by atomic mass is 10.00. The van der Waals surface area contributed by atoms with Crippen molar-refractivity contribution < 1.29 is 4.79 Å². The number of aromatic nitrogens is 2. The lowest BCUT2D eigenvalue weighted by molar-refractivity contribution is -0.123. The Morgan fingerprint density at radius 1 is 1.36 bits per heavy atom. The van der Waals surface area contributed by atoms with E-state index >= 15 is 0 Å². The fourth-order valence-corrected chi connectivity index (χ4v) is 2.95. The van der Waals surface area contributed by atoms with Gasteiger partial charge in [-0.25, -0.2) is 9.97 Å². The second-order valence-corrected chi connectivity index (χ2v) is 5.55. The molecule has 2 aromatic rings. The van der Waals surface area contributed by atoms with Crippen molar-refractivity contribution in [3.8, 4) is 0 Å². The molecule has 0 spiro atoms. The van der Waals surface area contributed by atoms with Crippen LogP contribution in [0, 0.1) is 0 Å². The van der Waals surface area contributed by atoms with Gasteiger partial charge >= 0.3 is 0 Å². The second kappa shape index (κ2) is 6.23. The lowest BCUT2D eigenvalue weighted by Crippen LogP contribution is -2.41. The number of primary amides is 1. The molecule has 3 rings (SSSR count). The molecule has 114 valence electrons. The third kappa shape index (κ3) is 2.85. The quantitative estimate of drug-likeness (QED) is 0.930. The molecule has 5 nitrogen and oxygen atoms in total. The average Bonchev–Trinajstić information content (AvgIpc) is 2.55. The van der Waals surface area contributed by atoms with Crippen LogP contribution in [0.25, 0.3) is 0 Å². The van der Waals surface area contributed by atoms with Gasteiger partial charge in [-0.05, 0) is 17.5 Å². The van der Waals surface area contributed by atoms with Gasteiger partial charge in [-0.2, -0.15) is 0 Å².